The lowest BCUT2D eigenvalue weighted by molar-refractivity contribution is 0.0335. The number of morpholine rings is 1. The summed E-state index contributed by atoms with van der Waals surface area (Å²) in [5, 5.41) is 0. The number of amides is 1. The molecule has 1 amide bonds. The van der Waals surface area contributed by atoms with Crippen molar-refractivity contribution in [3.63, 3.8) is 0 Å². The molecule has 0 aromatic heterocycles. The number of carbonyl (C=O) groups excluding carboxylic acids is 1. The number of carbonyl (C=O) groups is 1. The minimum absolute atomic E-state index is 0.299. The van der Waals surface area contributed by atoms with Gasteiger partial charge in [0.2, 0.25) is 0 Å². The summed E-state index contributed by atoms with van der Waals surface area (Å²) in [5.74, 6) is 0.181. The highest BCUT2D eigenvalue weighted by Gasteiger charge is 2.19. The fraction of sp³-hybridized carbons (Fsp3) is 0.350. The standard InChI is InChI=1S/C20H23FN2O3/c21-18-6-4-5-17(15-18)16-23(10-9-22-11-13-25-14-12-22)20(24)26-19-7-2-1-3-8-19/h1-8,15H,9-14,16H2. The predicted octanol–water partition coefficient (Wildman–Crippen LogP) is 3.16. The molecular formula is C20H23FN2O3. The number of halogens is 1. The molecule has 1 saturated heterocycles. The van der Waals surface area contributed by atoms with Gasteiger partial charge < -0.3 is 14.4 Å². The van der Waals surface area contributed by atoms with Gasteiger partial charge in [-0.05, 0) is 29.8 Å². The van der Waals surface area contributed by atoms with E-state index in [-0.39, 0.29) is 5.82 Å². The molecule has 0 bridgehead atoms. The molecule has 5 nitrogen and oxygen atoms in total. The van der Waals surface area contributed by atoms with E-state index in [0.29, 0.717) is 32.1 Å². The van der Waals surface area contributed by atoms with Crippen LogP contribution in [0.15, 0.2) is 54.6 Å². The molecule has 1 heterocycles. The Labute approximate surface area is 152 Å². The predicted molar refractivity (Wildman–Crippen MR) is 96.5 cm³/mol. The fourth-order valence-corrected chi connectivity index (χ4v) is 2.83. The molecule has 26 heavy (non-hydrogen) atoms. The maximum Gasteiger partial charge on any atom is 0.415 e. The summed E-state index contributed by atoms with van der Waals surface area (Å²) in [6.07, 6.45) is -0.436. The third-order valence-corrected chi connectivity index (χ3v) is 4.26. The molecule has 1 fully saturated rings. The van der Waals surface area contributed by atoms with Gasteiger partial charge in [-0.15, -0.1) is 0 Å². The number of hydrogen-bond acceptors (Lipinski definition) is 4. The van der Waals surface area contributed by atoms with E-state index in [9.17, 15) is 9.18 Å². The zero-order valence-electron chi connectivity index (χ0n) is 14.6. The number of benzene rings is 2. The van der Waals surface area contributed by atoms with Crippen molar-refractivity contribution in [1.29, 1.82) is 0 Å². The maximum absolute atomic E-state index is 13.5. The van der Waals surface area contributed by atoms with Gasteiger partial charge >= 0.3 is 6.09 Å². The molecular weight excluding hydrogens is 335 g/mol. The van der Waals surface area contributed by atoms with Crippen LogP contribution >= 0.6 is 0 Å². The van der Waals surface area contributed by atoms with Gasteiger partial charge in [-0.2, -0.15) is 0 Å². The number of ether oxygens (including phenoxy) is 2. The highest BCUT2D eigenvalue weighted by Crippen LogP contribution is 2.13. The molecule has 1 aliphatic rings. The molecule has 138 valence electrons. The largest absolute Gasteiger partial charge is 0.415 e. The monoisotopic (exact) mass is 358 g/mol. The third kappa shape index (κ3) is 5.54. The second-order valence-electron chi connectivity index (χ2n) is 6.19. The van der Waals surface area contributed by atoms with Crippen molar-refractivity contribution in [2.24, 2.45) is 0 Å². The molecule has 0 radical (unpaired) electrons. The van der Waals surface area contributed by atoms with Gasteiger partial charge in [0.15, 0.2) is 0 Å². The first-order chi connectivity index (χ1) is 12.7. The summed E-state index contributed by atoms with van der Waals surface area (Å²) in [4.78, 5) is 16.5. The molecule has 0 spiro atoms. The molecule has 0 N–H and O–H groups in total. The summed E-state index contributed by atoms with van der Waals surface area (Å²) in [6, 6.07) is 15.2. The van der Waals surface area contributed by atoms with Crippen LogP contribution in [-0.4, -0.2) is 55.3 Å². The Morgan fingerprint density at radius 1 is 1.12 bits per heavy atom. The minimum atomic E-state index is -0.436. The third-order valence-electron chi connectivity index (χ3n) is 4.26. The van der Waals surface area contributed by atoms with Crippen LogP contribution in [0.5, 0.6) is 5.75 Å². The first-order valence-corrected chi connectivity index (χ1v) is 8.77. The minimum Gasteiger partial charge on any atom is -0.410 e. The molecule has 0 atom stereocenters. The van der Waals surface area contributed by atoms with Crippen LogP contribution in [0.1, 0.15) is 5.56 Å². The van der Waals surface area contributed by atoms with E-state index < -0.39 is 6.09 Å². The van der Waals surface area contributed by atoms with Crippen LogP contribution in [0.25, 0.3) is 0 Å². The topological polar surface area (TPSA) is 42.0 Å². The summed E-state index contributed by atoms with van der Waals surface area (Å²) in [5.41, 5.74) is 0.733. The highest BCUT2D eigenvalue weighted by atomic mass is 19.1. The van der Waals surface area contributed by atoms with Gasteiger partial charge in [0.1, 0.15) is 11.6 Å². The van der Waals surface area contributed by atoms with Crippen molar-refractivity contribution in [2.45, 2.75) is 6.54 Å². The lowest BCUT2D eigenvalue weighted by Crippen LogP contribution is -2.43. The molecule has 3 rings (SSSR count). The summed E-state index contributed by atoms with van der Waals surface area (Å²) in [6.45, 7) is 4.64. The Bertz CT molecular complexity index is 705. The lowest BCUT2D eigenvalue weighted by Gasteiger charge is -2.29. The molecule has 1 aliphatic heterocycles. The van der Waals surface area contributed by atoms with Crippen molar-refractivity contribution in [3.05, 3.63) is 66.0 Å². The Morgan fingerprint density at radius 2 is 1.88 bits per heavy atom. The van der Waals surface area contributed by atoms with Crippen LogP contribution < -0.4 is 4.74 Å². The van der Waals surface area contributed by atoms with E-state index in [2.05, 4.69) is 4.90 Å². The van der Waals surface area contributed by atoms with Crippen molar-refractivity contribution in [1.82, 2.24) is 9.80 Å². The second-order valence-corrected chi connectivity index (χ2v) is 6.19. The van der Waals surface area contributed by atoms with Gasteiger partial charge in [-0.25, -0.2) is 9.18 Å². The first kappa shape index (κ1) is 18.4. The quantitative estimate of drug-likeness (QED) is 0.796. The van der Waals surface area contributed by atoms with Crippen LogP contribution in [0, 0.1) is 5.82 Å². The molecule has 2 aromatic carbocycles. The Kier molecular flexibility index (Phi) is 6.57. The zero-order chi connectivity index (χ0) is 18.2. The molecule has 0 unspecified atom stereocenters. The number of rotatable bonds is 6. The summed E-state index contributed by atoms with van der Waals surface area (Å²) in [7, 11) is 0. The van der Waals surface area contributed by atoms with Crippen molar-refractivity contribution in [3.8, 4) is 5.75 Å². The Balaban J connectivity index is 1.66. The molecule has 6 heteroatoms. The van der Waals surface area contributed by atoms with Gasteiger partial charge in [0.25, 0.3) is 0 Å². The highest BCUT2D eigenvalue weighted by molar-refractivity contribution is 5.70. The first-order valence-electron chi connectivity index (χ1n) is 8.77. The van der Waals surface area contributed by atoms with E-state index in [1.807, 2.05) is 18.2 Å². The maximum atomic E-state index is 13.5. The lowest BCUT2D eigenvalue weighted by atomic mass is 10.2. The molecule has 0 saturated carbocycles. The number of para-hydroxylation sites is 1. The average molecular weight is 358 g/mol. The van der Waals surface area contributed by atoms with Crippen LogP contribution in [0.4, 0.5) is 9.18 Å². The van der Waals surface area contributed by atoms with Gasteiger partial charge in [-0.1, -0.05) is 30.3 Å². The molecule has 2 aromatic rings. The number of nitrogens with zero attached hydrogens (tertiary/aromatic N) is 2. The summed E-state index contributed by atoms with van der Waals surface area (Å²) < 4.78 is 24.3. The number of hydrogen-bond donors (Lipinski definition) is 0. The van der Waals surface area contributed by atoms with Crippen LogP contribution in [-0.2, 0) is 11.3 Å². The fourth-order valence-electron chi connectivity index (χ4n) is 2.83. The van der Waals surface area contributed by atoms with Crippen LogP contribution in [0.3, 0.4) is 0 Å². The van der Waals surface area contributed by atoms with Gasteiger partial charge in [0.05, 0.1) is 13.2 Å². The molecule has 0 aliphatic carbocycles. The zero-order valence-corrected chi connectivity index (χ0v) is 14.6. The smallest absolute Gasteiger partial charge is 0.410 e. The van der Waals surface area contributed by atoms with Crippen molar-refractivity contribution < 1.29 is 18.7 Å². The Hall–Kier alpha value is -2.44. The van der Waals surface area contributed by atoms with E-state index in [4.69, 9.17) is 9.47 Å². The summed E-state index contributed by atoms with van der Waals surface area (Å²) >= 11 is 0. The van der Waals surface area contributed by atoms with Crippen molar-refractivity contribution in [2.75, 3.05) is 39.4 Å². The SMILES string of the molecule is O=C(Oc1ccccc1)N(CCN1CCOCC1)Cc1cccc(F)c1. The van der Waals surface area contributed by atoms with Crippen molar-refractivity contribution >= 4 is 6.09 Å². The second kappa shape index (κ2) is 9.31. The van der Waals surface area contributed by atoms with E-state index in [1.165, 1.54) is 12.1 Å². The Morgan fingerprint density at radius 3 is 2.62 bits per heavy atom. The van der Waals surface area contributed by atoms with E-state index in [0.717, 1.165) is 25.2 Å². The normalized spacial score (nSPS) is 14.8. The average Bonchev–Trinajstić information content (AvgIpc) is 2.67. The van der Waals surface area contributed by atoms with Gasteiger partial charge in [0, 0.05) is 32.7 Å². The van der Waals surface area contributed by atoms with E-state index in [1.54, 1.807) is 29.2 Å². The van der Waals surface area contributed by atoms with E-state index >= 15 is 0 Å². The van der Waals surface area contributed by atoms with Gasteiger partial charge in [-0.3, -0.25) is 4.90 Å². The van der Waals surface area contributed by atoms with Crippen LogP contribution in [0.2, 0.25) is 0 Å².